The fraction of sp³-hybridized carbons (Fsp3) is 0.770. The van der Waals surface area contributed by atoms with Crippen LogP contribution in [0.1, 0.15) is 348 Å². The highest BCUT2D eigenvalue weighted by atomic mass is 16.6. The van der Waals surface area contributed by atoms with Crippen molar-refractivity contribution in [3.8, 4) is 0 Å². The van der Waals surface area contributed by atoms with Crippen LogP contribution in [0.4, 0.5) is 0 Å². The number of unbranched alkanes of at least 4 members (excludes halogenated alkanes) is 38. The topological polar surface area (TPSA) is 78.9 Å². The summed E-state index contributed by atoms with van der Waals surface area (Å²) in [6.07, 6.45) is 90.2. The van der Waals surface area contributed by atoms with Crippen molar-refractivity contribution < 1.29 is 28.6 Å². The van der Waals surface area contributed by atoms with Crippen LogP contribution in [0, 0.1) is 0 Å². The van der Waals surface area contributed by atoms with Gasteiger partial charge in [-0.25, -0.2) is 0 Å². The van der Waals surface area contributed by atoms with Crippen LogP contribution in [0.2, 0.25) is 0 Å². The summed E-state index contributed by atoms with van der Waals surface area (Å²) in [5.41, 5.74) is 0. The summed E-state index contributed by atoms with van der Waals surface area (Å²) in [6.45, 7) is 6.54. The van der Waals surface area contributed by atoms with Gasteiger partial charge < -0.3 is 14.2 Å². The van der Waals surface area contributed by atoms with E-state index in [1.807, 2.05) is 0 Å². The monoisotopic (exact) mass is 1110 g/mol. The van der Waals surface area contributed by atoms with Crippen molar-refractivity contribution >= 4 is 17.9 Å². The highest BCUT2D eigenvalue weighted by Gasteiger charge is 2.19. The number of hydrogen-bond acceptors (Lipinski definition) is 6. The van der Waals surface area contributed by atoms with E-state index in [1.54, 1.807) is 0 Å². The van der Waals surface area contributed by atoms with Crippen molar-refractivity contribution in [2.24, 2.45) is 0 Å². The molecule has 0 aliphatic heterocycles. The Balaban J connectivity index is 4.31. The van der Waals surface area contributed by atoms with Gasteiger partial charge in [-0.15, -0.1) is 0 Å². The molecule has 6 heteroatoms. The Morgan fingerprint density at radius 3 is 0.787 bits per heavy atom. The first kappa shape index (κ1) is 76.6. The molecule has 0 saturated heterocycles. The van der Waals surface area contributed by atoms with Gasteiger partial charge in [0.25, 0.3) is 0 Å². The summed E-state index contributed by atoms with van der Waals surface area (Å²) in [4.78, 5) is 38.4. The number of esters is 3. The average Bonchev–Trinajstić information content (AvgIpc) is 3.46. The van der Waals surface area contributed by atoms with Gasteiger partial charge in [-0.1, -0.05) is 298 Å². The molecule has 0 rings (SSSR count). The third-order valence-corrected chi connectivity index (χ3v) is 15.1. The molecule has 0 bridgehead atoms. The molecule has 0 aromatic carbocycles. The van der Waals surface area contributed by atoms with Gasteiger partial charge in [0.2, 0.25) is 0 Å². The van der Waals surface area contributed by atoms with Crippen molar-refractivity contribution in [3.63, 3.8) is 0 Å². The number of carbonyl (C=O) groups excluding carboxylic acids is 3. The molecular formula is C74H130O6. The van der Waals surface area contributed by atoms with E-state index in [-0.39, 0.29) is 31.1 Å². The number of hydrogen-bond donors (Lipinski definition) is 0. The molecule has 462 valence electrons. The Labute approximate surface area is 496 Å². The normalized spacial score (nSPS) is 12.6. The first-order valence-electron chi connectivity index (χ1n) is 34.6. The highest BCUT2D eigenvalue weighted by molar-refractivity contribution is 5.71. The van der Waals surface area contributed by atoms with Crippen molar-refractivity contribution in [1.82, 2.24) is 0 Å². The minimum atomic E-state index is -0.784. The number of allylic oxidation sites excluding steroid dienone is 14. The molecule has 0 amide bonds. The van der Waals surface area contributed by atoms with E-state index in [4.69, 9.17) is 14.2 Å². The molecule has 6 nitrogen and oxygen atoms in total. The van der Waals surface area contributed by atoms with Crippen LogP contribution < -0.4 is 0 Å². The van der Waals surface area contributed by atoms with Crippen LogP contribution >= 0.6 is 0 Å². The van der Waals surface area contributed by atoms with Gasteiger partial charge in [0.05, 0.1) is 0 Å². The van der Waals surface area contributed by atoms with Gasteiger partial charge in [0.1, 0.15) is 13.2 Å². The molecule has 1 atom stereocenters. The molecule has 1 unspecified atom stereocenters. The summed E-state index contributed by atoms with van der Waals surface area (Å²) < 4.78 is 17.0. The second-order valence-corrected chi connectivity index (χ2v) is 23.1. The molecule has 0 spiro atoms. The summed E-state index contributed by atoms with van der Waals surface area (Å²) in [5.74, 6) is -0.874. The zero-order valence-electron chi connectivity index (χ0n) is 53.1. The highest BCUT2D eigenvalue weighted by Crippen LogP contribution is 2.17. The smallest absolute Gasteiger partial charge is 0.306 e. The third kappa shape index (κ3) is 65.4. The van der Waals surface area contributed by atoms with Crippen molar-refractivity contribution in [2.45, 2.75) is 354 Å². The average molecular weight is 1120 g/mol. The standard InChI is InChI=1S/C74H130O6/c1-4-7-10-13-16-19-22-25-28-31-33-34-35-36-37-38-39-40-41-44-46-49-52-55-58-61-64-67-73(76)79-70-71(69-78-72(75)66-63-60-57-54-51-48-45-42-30-27-24-21-18-15-12-9-6-3)80-74(77)68-65-62-59-56-53-50-47-43-32-29-26-23-20-17-14-11-8-5-2/h7,10,16,19-20,23,25,27-30,32-34,71H,4-6,8-9,11-15,17-18,21-22,24,26,31,35-70H2,1-3H3/b10-7-,19-16-,23-20-,28-25-,30-27-,32-29-,34-33-. The molecule has 0 aromatic rings. The minimum absolute atomic E-state index is 0.0789. The van der Waals surface area contributed by atoms with E-state index in [2.05, 4.69) is 106 Å². The predicted octanol–water partition coefficient (Wildman–Crippen LogP) is 23.8. The molecule has 80 heavy (non-hydrogen) atoms. The van der Waals surface area contributed by atoms with E-state index in [1.165, 1.54) is 212 Å². The molecule has 0 radical (unpaired) electrons. The number of rotatable bonds is 63. The lowest BCUT2D eigenvalue weighted by atomic mass is 10.0. The van der Waals surface area contributed by atoms with Gasteiger partial charge in [-0.2, -0.15) is 0 Å². The maximum absolute atomic E-state index is 12.9. The van der Waals surface area contributed by atoms with Crippen molar-refractivity contribution in [2.75, 3.05) is 13.2 Å². The molecular weight excluding hydrogens is 985 g/mol. The summed E-state index contributed by atoms with van der Waals surface area (Å²) in [5, 5.41) is 0. The van der Waals surface area contributed by atoms with Gasteiger partial charge >= 0.3 is 17.9 Å². The van der Waals surface area contributed by atoms with Crippen molar-refractivity contribution in [3.05, 3.63) is 85.1 Å². The Kier molecular flexibility index (Phi) is 65.2. The minimum Gasteiger partial charge on any atom is -0.462 e. The SMILES string of the molecule is CC/C=C\C/C=C\C/C=C\C/C=C\CCCCCCCCCCCCCCCCC(=O)OCC(COC(=O)CCCCCCCCC/C=C\CCCCCCCC)OC(=O)CCCCCCCCC/C=C\C/C=C\CCCCCC. The fourth-order valence-corrected chi connectivity index (χ4v) is 9.93. The second-order valence-electron chi connectivity index (χ2n) is 23.1. The summed E-state index contributed by atoms with van der Waals surface area (Å²) in [7, 11) is 0. The molecule has 0 aliphatic carbocycles. The van der Waals surface area contributed by atoms with Gasteiger partial charge in [0.15, 0.2) is 6.10 Å². The third-order valence-electron chi connectivity index (χ3n) is 15.1. The largest absolute Gasteiger partial charge is 0.462 e. The van der Waals surface area contributed by atoms with Gasteiger partial charge in [-0.05, 0) is 116 Å². The maximum Gasteiger partial charge on any atom is 0.306 e. The van der Waals surface area contributed by atoms with Gasteiger partial charge in [0, 0.05) is 19.3 Å². The second kappa shape index (κ2) is 68.1. The Bertz CT molecular complexity index is 1520. The van der Waals surface area contributed by atoms with E-state index < -0.39 is 6.10 Å². The zero-order valence-corrected chi connectivity index (χ0v) is 53.1. The first-order chi connectivity index (χ1) is 39.5. The molecule has 0 aliphatic rings. The molecule has 0 aromatic heterocycles. The lowest BCUT2D eigenvalue weighted by molar-refractivity contribution is -0.167. The van der Waals surface area contributed by atoms with Crippen LogP contribution in [0.5, 0.6) is 0 Å². The Morgan fingerprint density at radius 2 is 0.487 bits per heavy atom. The lowest BCUT2D eigenvalue weighted by Gasteiger charge is -2.18. The predicted molar refractivity (Wildman–Crippen MR) is 348 cm³/mol. The fourth-order valence-electron chi connectivity index (χ4n) is 9.93. The van der Waals surface area contributed by atoms with Gasteiger partial charge in [-0.3, -0.25) is 14.4 Å². The van der Waals surface area contributed by atoms with Crippen LogP contribution in [-0.2, 0) is 28.6 Å². The lowest BCUT2D eigenvalue weighted by Crippen LogP contribution is -2.30. The Morgan fingerprint density at radius 1 is 0.263 bits per heavy atom. The number of carbonyl (C=O) groups is 3. The quantitative estimate of drug-likeness (QED) is 0.0261. The molecule has 0 saturated carbocycles. The molecule has 0 heterocycles. The molecule has 0 N–H and O–H groups in total. The summed E-state index contributed by atoms with van der Waals surface area (Å²) in [6, 6.07) is 0. The van der Waals surface area contributed by atoms with Crippen molar-refractivity contribution in [1.29, 1.82) is 0 Å². The van der Waals surface area contributed by atoms with E-state index >= 15 is 0 Å². The first-order valence-corrected chi connectivity index (χ1v) is 34.6. The van der Waals surface area contributed by atoms with E-state index in [9.17, 15) is 14.4 Å². The number of ether oxygens (including phenoxy) is 3. The van der Waals surface area contributed by atoms with Crippen LogP contribution in [-0.4, -0.2) is 37.2 Å². The van der Waals surface area contributed by atoms with Crippen LogP contribution in [0.25, 0.3) is 0 Å². The molecule has 0 fully saturated rings. The van der Waals surface area contributed by atoms with Crippen LogP contribution in [0.3, 0.4) is 0 Å². The van der Waals surface area contributed by atoms with Crippen LogP contribution in [0.15, 0.2) is 85.1 Å². The Hall–Kier alpha value is -3.41. The zero-order chi connectivity index (χ0) is 57.8. The van der Waals surface area contributed by atoms with E-state index in [0.717, 1.165) is 96.3 Å². The maximum atomic E-state index is 12.9. The van der Waals surface area contributed by atoms with E-state index in [0.29, 0.717) is 19.3 Å². The summed E-state index contributed by atoms with van der Waals surface area (Å²) >= 11 is 0.